The molecule has 0 atom stereocenters. The van der Waals surface area contributed by atoms with E-state index in [2.05, 4.69) is 26.9 Å². The van der Waals surface area contributed by atoms with Gasteiger partial charge >= 0.3 is 6.18 Å². The van der Waals surface area contributed by atoms with Crippen molar-refractivity contribution < 1.29 is 22.0 Å². The van der Waals surface area contributed by atoms with Gasteiger partial charge in [-0.05, 0) is 23.8 Å². The lowest BCUT2D eigenvalue weighted by Gasteiger charge is -2.09. The maximum Gasteiger partial charge on any atom is 0.416 e. The normalized spacial score (nSPS) is 11.7. The summed E-state index contributed by atoms with van der Waals surface area (Å²) in [5, 5.41) is 11.3. The first-order valence-electron chi connectivity index (χ1n) is 6.98. The van der Waals surface area contributed by atoms with Crippen LogP contribution in [0.2, 0.25) is 0 Å². The van der Waals surface area contributed by atoms with Crippen molar-refractivity contribution in [3.8, 4) is 11.4 Å². The molecule has 25 heavy (non-hydrogen) atoms. The van der Waals surface area contributed by atoms with E-state index in [1.54, 1.807) is 0 Å². The summed E-state index contributed by atoms with van der Waals surface area (Å²) in [7, 11) is 0. The Bertz CT molecular complexity index is 886. The Hall–Kier alpha value is -3.04. The Balaban J connectivity index is 1.88. The van der Waals surface area contributed by atoms with Crippen LogP contribution in [-0.2, 0) is 19.4 Å². The molecule has 3 aromatic rings. The quantitative estimate of drug-likeness (QED) is 0.657. The molecule has 1 aromatic carbocycles. The molecule has 0 bridgehead atoms. The summed E-state index contributed by atoms with van der Waals surface area (Å²) in [6.07, 6.45) is -2.12. The fourth-order valence-corrected chi connectivity index (χ4v) is 2.16. The number of rotatable bonds is 5. The van der Waals surface area contributed by atoms with Gasteiger partial charge in [0.2, 0.25) is 12.3 Å². The van der Waals surface area contributed by atoms with Gasteiger partial charge in [-0.1, -0.05) is 6.58 Å². The van der Waals surface area contributed by atoms with Gasteiger partial charge in [0.25, 0.3) is 0 Å². The fourth-order valence-electron chi connectivity index (χ4n) is 2.16. The second-order valence-corrected chi connectivity index (χ2v) is 5.16. The van der Waals surface area contributed by atoms with Crippen LogP contribution in [0.15, 0.2) is 41.9 Å². The van der Waals surface area contributed by atoms with Crippen LogP contribution < -0.4 is 0 Å². The molecule has 2 aromatic heterocycles. The number of hydrogen-bond donors (Lipinski definition) is 0. The maximum atomic E-state index is 12.9. The van der Waals surface area contributed by atoms with E-state index >= 15 is 0 Å². The number of nitrogens with zero attached hydrogens (tertiary/aromatic N) is 5. The molecule has 3 rings (SSSR count). The summed E-state index contributed by atoms with van der Waals surface area (Å²) in [4.78, 5) is 3.97. The molecule has 0 amide bonds. The van der Waals surface area contributed by atoms with Gasteiger partial charge < -0.3 is 4.42 Å². The van der Waals surface area contributed by atoms with E-state index in [-0.39, 0.29) is 29.4 Å². The van der Waals surface area contributed by atoms with E-state index in [0.29, 0.717) is 5.57 Å². The average molecular weight is 353 g/mol. The fraction of sp³-hybridized carbons (Fsp3) is 0.200. The zero-order valence-electron chi connectivity index (χ0n) is 12.7. The average Bonchev–Trinajstić information content (AvgIpc) is 3.25. The third kappa shape index (κ3) is 3.73. The molecule has 2 heterocycles. The van der Waals surface area contributed by atoms with E-state index in [1.165, 1.54) is 17.1 Å². The zero-order valence-corrected chi connectivity index (χ0v) is 12.7. The first-order chi connectivity index (χ1) is 11.9. The van der Waals surface area contributed by atoms with Crippen LogP contribution in [0.3, 0.4) is 0 Å². The summed E-state index contributed by atoms with van der Waals surface area (Å²) < 4.78 is 58.0. The number of allylic oxidation sites excluding steroid dienone is 1. The van der Waals surface area contributed by atoms with Gasteiger partial charge in [0.1, 0.15) is 13.0 Å². The van der Waals surface area contributed by atoms with Gasteiger partial charge in [-0.15, -0.1) is 10.2 Å². The van der Waals surface area contributed by atoms with Crippen molar-refractivity contribution in [2.75, 3.05) is 0 Å². The SMILES string of the molecule is C=C(Cn1cnc(-c2cc(CF)cc(C(F)(F)F)c2)n1)c1nnco1. The smallest absolute Gasteiger partial charge is 0.416 e. The molecular weight excluding hydrogens is 342 g/mol. The van der Waals surface area contributed by atoms with E-state index in [1.807, 2.05) is 0 Å². The van der Waals surface area contributed by atoms with E-state index < -0.39 is 18.4 Å². The summed E-state index contributed by atoms with van der Waals surface area (Å²) in [6.45, 7) is 2.90. The molecule has 0 fully saturated rings. The van der Waals surface area contributed by atoms with Crippen LogP contribution in [0.25, 0.3) is 17.0 Å². The third-order valence-corrected chi connectivity index (χ3v) is 3.28. The highest BCUT2D eigenvalue weighted by molar-refractivity contribution is 5.58. The Labute approximate surface area is 138 Å². The third-order valence-electron chi connectivity index (χ3n) is 3.28. The van der Waals surface area contributed by atoms with Gasteiger partial charge in [-0.2, -0.15) is 18.3 Å². The number of aromatic nitrogens is 5. The topological polar surface area (TPSA) is 69.6 Å². The minimum Gasteiger partial charge on any atom is -0.424 e. The molecule has 0 spiro atoms. The largest absolute Gasteiger partial charge is 0.424 e. The molecule has 0 N–H and O–H groups in total. The minimum atomic E-state index is -4.59. The summed E-state index contributed by atoms with van der Waals surface area (Å²) in [6, 6.07) is 2.92. The van der Waals surface area contributed by atoms with Crippen LogP contribution in [-0.4, -0.2) is 25.0 Å². The first-order valence-corrected chi connectivity index (χ1v) is 6.98. The molecule has 0 aliphatic carbocycles. The van der Waals surface area contributed by atoms with Crippen LogP contribution in [0.5, 0.6) is 0 Å². The standard InChI is InChI=1S/C15H11F4N5O/c1-9(14-22-21-8-25-14)6-24-7-20-13(23-24)11-2-10(5-16)3-12(4-11)15(17,18)19/h2-4,7-8H,1,5-6H2. The van der Waals surface area contributed by atoms with Gasteiger partial charge in [-0.25, -0.2) is 14.1 Å². The molecule has 0 unspecified atom stereocenters. The number of alkyl halides is 4. The Morgan fingerprint density at radius 3 is 2.68 bits per heavy atom. The summed E-state index contributed by atoms with van der Waals surface area (Å²) in [5.74, 6) is 0.259. The maximum absolute atomic E-state index is 12.9. The number of hydrogen-bond acceptors (Lipinski definition) is 5. The van der Waals surface area contributed by atoms with E-state index in [9.17, 15) is 17.6 Å². The van der Waals surface area contributed by atoms with Crippen LogP contribution in [0, 0.1) is 0 Å². The molecule has 0 radical (unpaired) electrons. The van der Waals surface area contributed by atoms with Gasteiger partial charge in [0, 0.05) is 11.1 Å². The Morgan fingerprint density at radius 1 is 1.24 bits per heavy atom. The highest BCUT2D eigenvalue weighted by Crippen LogP contribution is 2.33. The van der Waals surface area contributed by atoms with Crippen molar-refractivity contribution in [1.82, 2.24) is 25.0 Å². The van der Waals surface area contributed by atoms with E-state index in [0.717, 1.165) is 18.5 Å². The number of halogens is 4. The lowest BCUT2D eigenvalue weighted by molar-refractivity contribution is -0.137. The first kappa shape index (κ1) is 16.8. The van der Waals surface area contributed by atoms with Gasteiger partial charge in [-0.3, -0.25) is 0 Å². The van der Waals surface area contributed by atoms with E-state index in [4.69, 9.17) is 4.42 Å². The van der Waals surface area contributed by atoms with Crippen LogP contribution in [0.4, 0.5) is 17.6 Å². The van der Waals surface area contributed by atoms with Crippen molar-refractivity contribution in [1.29, 1.82) is 0 Å². The second kappa shape index (κ2) is 6.46. The molecule has 10 heteroatoms. The predicted molar refractivity (Wildman–Crippen MR) is 78.6 cm³/mol. The summed E-state index contributed by atoms with van der Waals surface area (Å²) >= 11 is 0. The minimum absolute atomic E-state index is 0.0409. The Morgan fingerprint density at radius 2 is 2.04 bits per heavy atom. The van der Waals surface area contributed by atoms with Crippen LogP contribution in [0.1, 0.15) is 17.0 Å². The molecule has 0 aliphatic heterocycles. The van der Waals surface area contributed by atoms with Gasteiger partial charge in [0.15, 0.2) is 5.82 Å². The zero-order chi connectivity index (χ0) is 18.0. The van der Waals surface area contributed by atoms with Crippen LogP contribution >= 0.6 is 0 Å². The second-order valence-electron chi connectivity index (χ2n) is 5.16. The highest BCUT2D eigenvalue weighted by atomic mass is 19.4. The Kier molecular flexibility index (Phi) is 4.34. The molecule has 0 saturated heterocycles. The van der Waals surface area contributed by atoms with Crippen molar-refractivity contribution in [2.45, 2.75) is 19.4 Å². The molecule has 130 valence electrons. The van der Waals surface area contributed by atoms with Crippen molar-refractivity contribution in [3.05, 3.63) is 54.5 Å². The van der Waals surface area contributed by atoms with Crippen molar-refractivity contribution >= 4 is 5.57 Å². The predicted octanol–water partition coefficient (Wildman–Crippen LogP) is 3.53. The molecule has 6 nitrogen and oxygen atoms in total. The molecule has 0 aliphatic rings. The van der Waals surface area contributed by atoms with Crippen molar-refractivity contribution in [2.24, 2.45) is 0 Å². The number of benzene rings is 1. The molecular formula is C15H11F4N5O. The van der Waals surface area contributed by atoms with Gasteiger partial charge in [0.05, 0.1) is 12.1 Å². The lowest BCUT2D eigenvalue weighted by atomic mass is 10.1. The monoisotopic (exact) mass is 353 g/mol. The summed E-state index contributed by atoms with van der Waals surface area (Å²) in [5.41, 5.74) is -0.521. The molecule has 0 saturated carbocycles. The van der Waals surface area contributed by atoms with Crippen molar-refractivity contribution in [3.63, 3.8) is 0 Å². The highest BCUT2D eigenvalue weighted by Gasteiger charge is 2.31. The lowest BCUT2D eigenvalue weighted by Crippen LogP contribution is -2.06.